The number of amides is 1. The van der Waals surface area contributed by atoms with Crippen LogP contribution in [0.4, 0.5) is 0 Å². The Hall–Kier alpha value is -2.56. The standard InChI is InChI=1S/C18H19NO4/c1-2-11-3-5-12(6-4-11)14-9-10-15(23-14)17(20)19-16(18(21)22)13-7-8-13/h3-6,9-10,13,16H,2,7-8H2,1H3,(H,19,20)(H,21,22). The Morgan fingerprint density at radius 2 is 1.91 bits per heavy atom. The van der Waals surface area contributed by atoms with Crippen molar-refractivity contribution in [2.75, 3.05) is 0 Å². The quantitative estimate of drug-likeness (QED) is 0.859. The SMILES string of the molecule is CCc1ccc(-c2ccc(C(=O)NC(C(=O)O)C3CC3)o2)cc1. The Morgan fingerprint density at radius 1 is 1.22 bits per heavy atom. The molecule has 5 heteroatoms. The van der Waals surface area contributed by atoms with Crippen LogP contribution in [0.5, 0.6) is 0 Å². The number of carboxylic acids is 1. The second-order valence-corrected chi connectivity index (χ2v) is 5.84. The molecule has 0 spiro atoms. The number of carbonyl (C=O) groups is 2. The van der Waals surface area contributed by atoms with Gasteiger partial charge in [-0.25, -0.2) is 4.79 Å². The Kier molecular flexibility index (Phi) is 4.19. The normalized spacial score (nSPS) is 15.2. The molecule has 0 saturated heterocycles. The van der Waals surface area contributed by atoms with Crippen molar-refractivity contribution >= 4 is 11.9 Å². The average molecular weight is 313 g/mol. The van der Waals surface area contributed by atoms with Gasteiger partial charge in [-0.3, -0.25) is 4.79 Å². The van der Waals surface area contributed by atoms with Crippen molar-refractivity contribution in [2.45, 2.75) is 32.2 Å². The van der Waals surface area contributed by atoms with Crippen molar-refractivity contribution in [2.24, 2.45) is 5.92 Å². The fourth-order valence-corrected chi connectivity index (χ4v) is 2.54. The zero-order chi connectivity index (χ0) is 16.4. The van der Waals surface area contributed by atoms with E-state index in [1.165, 1.54) is 5.56 Å². The van der Waals surface area contributed by atoms with Crippen LogP contribution in [0.2, 0.25) is 0 Å². The zero-order valence-electron chi connectivity index (χ0n) is 12.9. The lowest BCUT2D eigenvalue weighted by atomic mass is 10.1. The Balaban J connectivity index is 1.72. The van der Waals surface area contributed by atoms with Gasteiger partial charge in [0.2, 0.25) is 0 Å². The summed E-state index contributed by atoms with van der Waals surface area (Å²) in [7, 11) is 0. The molecule has 1 fully saturated rings. The van der Waals surface area contributed by atoms with Crippen molar-refractivity contribution in [3.8, 4) is 11.3 Å². The first-order valence-electron chi connectivity index (χ1n) is 7.81. The molecule has 23 heavy (non-hydrogen) atoms. The van der Waals surface area contributed by atoms with Gasteiger partial charge in [0.25, 0.3) is 5.91 Å². The molecule has 2 aromatic rings. The highest BCUT2D eigenvalue weighted by molar-refractivity contribution is 5.95. The molecule has 1 aromatic heterocycles. The molecule has 1 atom stereocenters. The van der Waals surface area contributed by atoms with Crippen LogP contribution in [0.1, 0.15) is 35.9 Å². The van der Waals surface area contributed by atoms with Crippen LogP contribution in [0.3, 0.4) is 0 Å². The Bertz CT molecular complexity index is 713. The first-order valence-corrected chi connectivity index (χ1v) is 7.81. The van der Waals surface area contributed by atoms with E-state index in [0.29, 0.717) is 5.76 Å². The van der Waals surface area contributed by atoms with E-state index in [1.807, 2.05) is 24.3 Å². The fourth-order valence-electron chi connectivity index (χ4n) is 2.54. The van der Waals surface area contributed by atoms with Gasteiger partial charge in [-0.05, 0) is 42.9 Å². The lowest BCUT2D eigenvalue weighted by molar-refractivity contribution is -0.139. The average Bonchev–Trinajstić information content (AvgIpc) is 3.27. The fraction of sp³-hybridized carbons (Fsp3) is 0.333. The third-order valence-corrected chi connectivity index (χ3v) is 4.12. The van der Waals surface area contributed by atoms with Crippen LogP contribution < -0.4 is 5.32 Å². The smallest absolute Gasteiger partial charge is 0.326 e. The summed E-state index contributed by atoms with van der Waals surface area (Å²) in [6.07, 6.45) is 2.64. The summed E-state index contributed by atoms with van der Waals surface area (Å²) in [6, 6.07) is 10.4. The number of nitrogens with one attached hydrogen (secondary N) is 1. The predicted molar refractivity (Wildman–Crippen MR) is 85.1 cm³/mol. The lowest BCUT2D eigenvalue weighted by Gasteiger charge is -2.12. The second kappa shape index (κ2) is 6.28. The van der Waals surface area contributed by atoms with Crippen molar-refractivity contribution in [3.05, 3.63) is 47.7 Å². The third-order valence-electron chi connectivity index (χ3n) is 4.12. The molecule has 0 bridgehead atoms. The highest BCUT2D eigenvalue weighted by atomic mass is 16.4. The maximum atomic E-state index is 12.2. The van der Waals surface area contributed by atoms with Crippen molar-refractivity contribution in [1.82, 2.24) is 5.32 Å². The van der Waals surface area contributed by atoms with Gasteiger partial charge >= 0.3 is 5.97 Å². The number of rotatable bonds is 6. The predicted octanol–water partition coefficient (Wildman–Crippen LogP) is 3.10. The number of aliphatic carboxylic acids is 1. The van der Waals surface area contributed by atoms with E-state index in [1.54, 1.807) is 12.1 Å². The number of hydrogen-bond donors (Lipinski definition) is 2. The van der Waals surface area contributed by atoms with E-state index >= 15 is 0 Å². The maximum absolute atomic E-state index is 12.2. The van der Waals surface area contributed by atoms with Gasteiger partial charge in [-0.1, -0.05) is 31.2 Å². The number of carbonyl (C=O) groups excluding carboxylic acids is 1. The number of aryl methyl sites for hydroxylation is 1. The van der Waals surface area contributed by atoms with E-state index in [4.69, 9.17) is 9.52 Å². The molecule has 1 aliphatic carbocycles. The van der Waals surface area contributed by atoms with Gasteiger partial charge in [0, 0.05) is 5.56 Å². The number of carboxylic acid groups (broad SMARTS) is 1. The van der Waals surface area contributed by atoms with Crippen LogP contribution in [-0.4, -0.2) is 23.0 Å². The molecule has 1 aliphatic rings. The summed E-state index contributed by atoms with van der Waals surface area (Å²) in [6.45, 7) is 2.09. The number of furan rings is 1. The molecule has 1 amide bonds. The van der Waals surface area contributed by atoms with Gasteiger partial charge in [0.05, 0.1) is 0 Å². The van der Waals surface area contributed by atoms with Crippen LogP contribution in [0, 0.1) is 5.92 Å². The number of hydrogen-bond acceptors (Lipinski definition) is 3. The lowest BCUT2D eigenvalue weighted by Crippen LogP contribution is -2.42. The maximum Gasteiger partial charge on any atom is 0.326 e. The van der Waals surface area contributed by atoms with E-state index in [9.17, 15) is 9.59 Å². The molecule has 120 valence electrons. The molecule has 1 saturated carbocycles. The van der Waals surface area contributed by atoms with Gasteiger partial charge in [0.15, 0.2) is 5.76 Å². The Morgan fingerprint density at radius 3 is 2.48 bits per heavy atom. The summed E-state index contributed by atoms with van der Waals surface area (Å²) in [5, 5.41) is 11.7. The Labute approximate surface area is 134 Å². The molecular weight excluding hydrogens is 294 g/mol. The summed E-state index contributed by atoms with van der Waals surface area (Å²) >= 11 is 0. The van der Waals surface area contributed by atoms with Gasteiger partial charge in [-0.15, -0.1) is 0 Å². The van der Waals surface area contributed by atoms with Crippen molar-refractivity contribution in [1.29, 1.82) is 0 Å². The van der Waals surface area contributed by atoms with E-state index in [-0.39, 0.29) is 11.7 Å². The summed E-state index contributed by atoms with van der Waals surface area (Å²) in [5.41, 5.74) is 2.12. The highest BCUT2D eigenvalue weighted by Crippen LogP contribution is 2.33. The molecule has 1 aromatic carbocycles. The molecule has 1 heterocycles. The van der Waals surface area contributed by atoms with E-state index in [2.05, 4.69) is 12.2 Å². The van der Waals surface area contributed by atoms with Gasteiger partial charge in [-0.2, -0.15) is 0 Å². The minimum atomic E-state index is -0.997. The molecule has 5 nitrogen and oxygen atoms in total. The van der Waals surface area contributed by atoms with Crippen LogP contribution in [0.15, 0.2) is 40.8 Å². The molecular formula is C18H19NO4. The van der Waals surface area contributed by atoms with Crippen molar-refractivity contribution < 1.29 is 19.1 Å². The molecule has 1 unspecified atom stereocenters. The molecule has 2 N–H and O–H groups in total. The van der Waals surface area contributed by atoms with Crippen molar-refractivity contribution in [3.63, 3.8) is 0 Å². The molecule has 0 radical (unpaired) electrons. The first-order chi connectivity index (χ1) is 11.1. The second-order valence-electron chi connectivity index (χ2n) is 5.84. The summed E-state index contributed by atoms with van der Waals surface area (Å²) < 4.78 is 5.58. The topological polar surface area (TPSA) is 79.5 Å². The molecule has 3 rings (SSSR count). The molecule has 0 aliphatic heterocycles. The van der Waals surface area contributed by atoms with E-state index < -0.39 is 17.9 Å². The first kappa shape index (κ1) is 15.3. The number of benzene rings is 1. The minimum Gasteiger partial charge on any atom is -0.480 e. The highest BCUT2D eigenvalue weighted by Gasteiger charge is 2.37. The van der Waals surface area contributed by atoms with E-state index in [0.717, 1.165) is 24.8 Å². The van der Waals surface area contributed by atoms with Crippen LogP contribution in [-0.2, 0) is 11.2 Å². The minimum absolute atomic E-state index is 0.0347. The summed E-state index contributed by atoms with van der Waals surface area (Å²) in [5.74, 6) is -0.724. The van der Waals surface area contributed by atoms with Gasteiger partial charge in [0.1, 0.15) is 11.8 Å². The largest absolute Gasteiger partial charge is 0.480 e. The van der Waals surface area contributed by atoms with Crippen LogP contribution in [0.25, 0.3) is 11.3 Å². The zero-order valence-corrected chi connectivity index (χ0v) is 12.9. The monoisotopic (exact) mass is 313 g/mol. The summed E-state index contributed by atoms with van der Waals surface area (Å²) in [4.78, 5) is 23.4. The third kappa shape index (κ3) is 3.44. The van der Waals surface area contributed by atoms with Crippen LogP contribution >= 0.6 is 0 Å². The van der Waals surface area contributed by atoms with Gasteiger partial charge < -0.3 is 14.8 Å².